The van der Waals surface area contributed by atoms with Crippen molar-refractivity contribution in [3.05, 3.63) is 38.2 Å². The van der Waals surface area contributed by atoms with Crippen molar-refractivity contribution >= 4 is 17.1 Å². The van der Waals surface area contributed by atoms with Gasteiger partial charge in [0.15, 0.2) is 0 Å². The van der Waals surface area contributed by atoms with Gasteiger partial charge in [0.2, 0.25) is 5.82 Å². The van der Waals surface area contributed by atoms with E-state index >= 15 is 0 Å². The van der Waals surface area contributed by atoms with Crippen LogP contribution in [0.1, 0.15) is 34.1 Å². The van der Waals surface area contributed by atoms with Gasteiger partial charge >= 0.3 is 5.69 Å². The van der Waals surface area contributed by atoms with Gasteiger partial charge in [-0.05, 0) is 34.1 Å². The molecule has 1 saturated heterocycles. The number of nitrogens with zero attached hydrogens (tertiary/aromatic N) is 3. The fourth-order valence-corrected chi connectivity index (χ4v) is 3.14. The fourth-order valence-electron chi connectivity index (χ4n) is 3.14. The normalized spacial score (nSPS) is 22.3. The maximum atomic E-state index is 13.9. The molecule has 1 aliphatic heterocycles. The monoisotopic (exact) mass is 342 g/mol. The smallest absolute Gasteiger partial charge is 0.311 e. The van der Waals surface area contributed by atoms with E-state index in [1.54, 1.807) is 27.7 Å². The van der Waals surface area contributed by atoms with Gasteiger partial charge in [0.05, 0.1) is 21.5 Å². The number of rotatable bonds is 4. The molecule has 0 aromatic heterocycles. The molecule has 1 heterocycles. The number of hydrogen-bond acceptors (Lipinski definition) is 7. The van der Waals surface area contributed by atoms with Crippen molar-refractivity contribution in [3.63, 3.8) is 0 Å². The standard InChI is InChI=1S/C14H19FN4O5/c1-13(2)7-12(14(3,4)19(13)24)16-9-5-8(15)10(17(20)21)6-11(9)18(22)23/h5-6,12,16,24H,7H2,1-4H3/t12-/m1/s1. The van der Waals surface area contributed by atoms with Crippen LogP contribution < -0.4 is 5.32 Å². The van der Waals surface area contributed by atoms with Gasteiger partial charge in [-0.25, -0.2) is 0 Å². The Hall–Kier alpha value is -2.33. The zero-order valence-electron chi connectivity index (χ0n) is 13.7. The fraction of sp³-hybridized carbons (Fsp3) is 0.571. The molecule has 0 aliphatic carbocycles. The Morgan fingerprint density at radius 2 is 1.75 bits per heavy atom. The van der Waals surface area contributed by atoms with Crippen molar-refractivity contribution < 1.29 is 19.4 Å². The van der Waals surface area contributed by atoms with E-state index in [-0.39, 0.29) is 5.69 Å². The lowest BCUT2D eigenvalue weighted by Gasteiger charge is -2.36. The maximum absolute atomic E-state index is 13.9. The highest BCUT2D eigenvalue weighted by molar-refractivity contribution is 5.66. The molecule has 10 heteroatoms. The largest absolute Gasteiger partial charge is 0.375 e. The lowest BCUT2D eigenvalue weighted by Crippen LogP contribution is -2.50. The quantitative estimate of drug-likeness (QED) is 0.637. The molecule has 1 aliphatic rings. The van der Waals surface area contributed by atoms with Crippen molar-refractivity contribution in [2.75, 3.05) is 5.32 Å². The minimum Gasteiger partial charge on any atom is -0.375 e. The molecular formula is C14H19FN4O5. The van der Waals surface area contributed by atoms with Crippen LogP contribution in [0, 0.1) is 26.0 Å². The lowest BCUT2D eigenvalue weighted by atomic mass is 9.94. The number of benzene rings is 1. The number of hydrogen-bond donors (Lipinski definition) is 2. The number of nitro benzene ring substituents is 2. The van der Waals surface area contributed by atoms with Crippen LogP contribution in [-0.4, -0.2) is 37.2 Å². The van der Waals surface area contributed by atoms with Crippen LogP contribution in [0.5, 0.6) is 0 Å². The molecule has 2 N–H and O–H groups in total. The number of anilines is 1. The molecule has 0 amide bonds. The highest BCUT2D eigenvalue weighted by atomic mass is 19.1. The summed E-state index contributed by atoms with van der Waals surface area (Å²) in [5.74, 6) is -1.16. The van der Waals surface area contributed by atoms with Gasteiger partial charge in [0.1, 0.15) is 5.69 Å². The summed E-state index contributed by atoms with van der Waals surface area (Å²) in [5, 5.41) is 36.3. The van der Waals surface area contributed by atoms with Crippen molar-refractivity contribution in [2.45, 2.75) is 51.2 Å². The average Bonchev–Trinajstić information content (AvgIpc) is 2.58. The first-order valence-corrected chi connectivity index (χ1v) is 7.26. The topological polar surface area (TPSA) is 122 Å². The lowest BCUT2D eigenvalue weighted by molar-refractivity contribution is -0.395. The number of hydroxylamine groups is 2. The molecule has 0 spiro atoms. The molecule has 9 nitrogen and oxygen atoms in total. The SMILES string of the molecule is CC1(C)C[C@@H](Nc2cc(F)c([N+](=O)[O-])cc2[N+](=O)[O-])C(C)(C)N1O. The van der Waals surface area contributed by atoms with Crippen LogP contribution in [0.3, 0.4) is 0 Å². The van der Waals surface area contributed by atoms with Gasteiger partial charge in [-0.2, -0.15) is 9.45 Å². The van der Waals surface area contributed by atoms with Crippen LogP contribution in [-0.2, 0) is 0 Å². The van der Waals surface area contributed by atoms with E-state index in [1.807, 2.05) is 0 Å². The van der Waals surface area contributed by atoms with Crippen LogP contribution in [0.15, 0.2) is 12.1 Å². The van der Waals surface area contributed by atoms with Crippen molar-refractivity contribution in [3.8, 4) is 0 Å². The van der Waals surface area contributed by atoms with Gasteiger partial charge in [0, 0.05) is 17.6 Å². The van der Waals surface area contributed by atoms with Crippen molar-refractivity contribution in [1.82, 2.24) is 5.06 Å². The summed E-state index contributed by atoms with van der Waals surface area (Å²) in [5.41, 5.74) is -3.08. The first-order chi connectivity index (χ1) is 10.9. The minimum atomic E-state index is -1.16. The Kier molecular flexibility index (Phi) is 4.23. The number of halogens is 1. The average molecular weight is 342 g/mol. The van der Waals surface area contributed by atoms with E-state index in [4.69, 9.17) is 0 Å². The maximum Gasteiger partial charge on any atom is 0.311 e. The third kappa shape index (κ3) is 2.89. The Morgan fingerprint density at radius 3 is 2.17 bits per heavy atom. The molecule has 1 aromatic carbocycles. The van der Waals surface area contributed by atoms with Crippen LogP contribution >= 0.6 is 0 Å². The molecule has 0 radical (unpaired) electrons. The number of nitrogens with one attached hydrogen (secondary N) is 1. The molecule has 0 unspecified atom stereocenters. The van der Waals surface area contributed by atoms with E-state index < -0.39 is 44.2 Å². The molecule has 132 valence electrons. The summed E-state index contributed by atoms with van der Waals surface area (Å²) in [6.07, 6.45) is 0.437. The number of nitro groups is 2. The van der Waals surface area contributed by atoms with Crippen LogP contribution in [0.4, 0.5) is 21.5 Å². The molecule has 0 saturated carbocycles. The Labute approximate surface area is 137 Å². The minimum absolute atomic E-state index is 0.160. The van der Waals surface area contributed by atoms with E-state index in [1.165, 1.54) is 0 Å². The van der Waals surface area contributed by atoms with E-state index in [9.17, 15) is 29.8 Å². The highest BCUT2D eigenvalue weighted by Gasteiger charge is 2.51. The second-order valence-corrected chi connectivity index (χ2v) is 7.01. The summed E-state index contributed by atoms with van der Waals surface area (Å²) in [4.78, 5) is 20.1. The molecule has 2 rings (SSSR count). The molecule has 0 bridgehead atoms. The van der Waals surface area contributed by atoms with Crippen molar-refractivity contribution in [2.24, 2.45) is 0 Å². The predicted octanol–water partition coefficient (Wildman–Crippen LogP) is 3.07. The Bertz CT molecular complexity index is 707. The third-order valence-corrected chi connectivity index (χ3v) is 4.46. The molecule has 1 aromatic rings. The van der Waals surface area contributed by atoms with E-state index in [2.05, 4.69) is 5.32 Å². The highest BCUT2D eigenvalue weighted by Crippen LogP contribution is 2.42. The zero-order valence-corrected chi connectivity index (χ0v) is 13.7. The summed E-state index contributed by atoms with van der Waals surface area (Å²) >= 11 is 0. The zero-order chi connectivity index (χ0) is 18.4. The first kappa shape index (κ1) is 18.0. The summed E-state index contributed by atoms with van der Waals surface area (Å²) in [7, 11) is 0. The Morgan fingerprint density at radius 1 is 1.21 bits per heavy atom. The summed E-state index contributed by atoms with van der Waals surface area (Å²) in [6, 6.07) is 0.915. The second-order valence-electron chi connectivity index (χ2n) is 7.01. The van der Waals surface area contributed by atoms with Gasteiger partial charge in [0.25, 0.3) is 5.69 Å². The third-order valence-electron chi connectivity index (χ3n) is 4.46. The molecule has 1 atom stereocenters. The van der Waals surface area contributed by atoms with Crippen LogP contribution in [0.2, 0.25) is 0 Å². The van der Waals surface area contributed by atoms with Gasteiger partial charge in [-0.15, -0.1) is 0 Å². The van der Waals surface area contributed by atoms with E-state index in [0.717, 1.165) is 11.1 Å². The summed E-state index contributed by atoms with van der Waals surface area (Å²) in [6.45, 7) is 7.10. The van der Waals surface area contributed by atoms with Gasteiger partial charge in [-0.1, -0.05) is 0 Å². The predicted molar refractivity (Wildman–Crippen MR) is 83.5 cm³/mol. The molecular weight excluding hydrogens is 323 g/mol. The van der Waals surface area contributed by atoms with Crippen LogP contribution in [0.25, 0.3) is 0 Å². The van der Waals surface area contributed by atoms with Gasteiger partial charge < -0.3 is 10.5 Å². The molecule has 1 fully saturated rings. The second kappa shape index (κ2) is 5.64. The van der Waals surface area contributed by atoms with E-state index in [0.29, 0.717) is 12.5 Å². The molecule has 24 heavy (non-hydrogen) atoms. The van der Waals surface area contributed by atoms with Gasteiger partial charge in [-0.3, -0.25) is 20.2 Å². The summed E-state index contributed by atoms with van der Waals surface area (Å²) < 4.78 is 13.9. The Balaban J connectivity index is 2.45. The van der Waals surface area contributed by atoms with Crippen molar-refractivity contribution in [1.29, 1.82) is 0 Å². The first-order valence-electron chi connectivity index (χ1n) is 7.26.